The Balaban J connectivity index is 1.73. The highest BCUT2D eigenvalue weighted by molar-refractivity contribution is 5.87. The van der Waals surface area contributed by atoms with E-state index in [1.54, 1.807) is 18.3 Å². The van der Waals surface area contributed by atoms with Gasteiger partial charge in [-0.3, -0.25) is 9.59 Å². The average molecular weight is 306 g/mol. The van der Waals surface area contributed by atoms with Crippen molar-refractivity contribution < 1.29 is 14.3 Å². The molecule has 1 saturated carbocycles. The number of ether oxygens (including phenoxy) is 1. The first-order valence-electron chi connectivity index (χ1n) is 7.89. The van der Waals surface area contributed by atoms with Gasteiger partial charge in [0.15, 0.2) is 5.82 Å². The normalized spacial score (nSPS) is 23.0. The molecule has 1 spiro atoms. The molecule has 3 rings (SSSR count). The Kier molecular flexibility index (Phi) is 3.88. The average Bonchev–Trinajstić information content (AvgIpc) is 3.20. The zero-order chi connectivity index (χ0) is 15.7. The van der Waals surface area contributed by atoms with Gasteiger partial charge in [-0.2, -0.15) is 0 Å². The molecule has 1 aromatic rings. The first-order valence-corrected chi connectivity index (χ1v) is 7.89. The van der Waals surface area contributed by atoms with Crippen LogP contribution in [0.5, 0.6) is 0 Å². The molecule has 7 heteroatoms. The van der Waals surface area contributed by atoms with Gasteiger partial charge in [0, 0.05) is 13.6 Å². The van der Waals surface area contributed by atoms with Crippen LogP contribution in [0, 0.1) is 5.92 Å². The molecular formula is C15H22N4O3. The van der Waals surface area contributed by atoms with Crippen LogP contribution in [0.3, 0.4) is 0 Å². The number of aryl methyl sites for hydroxylation is 1. The molecule has 0 bridgehead atoms. The molecule has 1 aromatic heterocycles. The maximum Gasteiger partial charge on any atom is 0.307 e. The maximum atomic E-state index is 12.8. The molecule has 2 aliphatic rings. The topological polar surface area (TPSA) is 77.3 Å². The van der Waals surface area contributed by atoms with Crippen molar-refractivity contribution in [2.24, 2.45) is 5.92 Å². The van der Waals surface area contributed by atoms with E-state index in [1.165, 1.54) is 0 Å². The van der Waals surface area contributed by atoms with Crippen LogP contribution < -0.4 is 0 Å². The van der Waals surface area contributed by atoms with Gasteiger partial charge in [-0.15, -0.1) is 10.2 Å². The minimum absolute atomic E-state index is 0.0293. The second-order valence-corrected chi connectivity index (χ2v) is 6.23. The molecule has 1 aliphatic carbocycles. The van der Waals surface area contributed by atoms with Gasteiger partial charge in [0.25, 0.3) is 0 Å². The molecule has 1 saturated heterocycles. The van der Waals surface area contributed by atoms with Crippen molar-refractivity contribution in [2.45, 2.75) is 57.7 Å². The van der Waals surface area contributed by atoms with Gasteiger partial charge in [-0.1, -0.05) is 0 Å². The molecule has 22 heavy (non-hydrogen) atoms. The molecule has 7 nitrogen and oxygen atoms in total. The fourth-order valence-corrected chi connectivity index (χ4v) is 3.65. The van der Waals surface area contributed by atoms with E-state index in [0.29, 0.717) is 6.54 Å². The Morgan fingerprint density at radius 3 is 2.91 bits per heavy atom. The Morgan fingerprint density at radius 2 is 2.23 bits per heavy atom. The lowest BCUT2D eigenvalue weighted by atomic mass is 9.84. The lowest BCUT2D eigenvalue weighted by Gasteiger charge is -2.30. The lowest BCUT2D eigenvalue weighted by Crippen LogP contribution is -2.43. The van der Waals surface area contributed by atoms with Gasteiger partial charge in [-0.05, 0) is 32.6 Å². The Morgan fingerprint density at radius 1 is 1.50 bits per heavy atom. The second-order valence-electron chi connectivity index (χ2n) is 6.23. The van der Waals surface area contributed by atoms with Crippen molar-refractivity contribution in [3.63, 3.8) is 0 Å². The van der Waals surface area contributed by atoms with Gasteiger partial charge in [0.2, 0.25) is 5.91 Å². The smallest absolute Gasteiger partial charge is 0.307 e. The summed E-state index contributed by atoms with van der Waals surface area (Å²) in [5.41, 5.74) is -0.555. The molecule has 2 fully saturated rings. The third kappa shape index (κ3) is 2.48. The predicted octanol–water partition coefficient (Wildman–Crippen LogP) is 1.13. The van der Waals surface area contributed by atoms with Gasteiger partial charge < -0.3 is 14.2 Å². The third-order valence-corrected chi connectivity index (χ3v) is 4.86. The predicted molar refractivity (Wildman–Crippen MR) is 77.6 cm³/mol. The van der Waals surface area contributed by atoms with Crippen LogP contribution in [-0.2, 0) is 27.4 Å². The van der Waals surface area contributed by atoms with Crippen molar-refractivity contribution in [2.75, 3.05) is 7.05 Å². The van der Waals surface area contributed by atoms with Crippen LogP contribution in [0.4, 0.5) is 0 Å². The van der Waals surface area contributed by atoms with E-state index in [1.807, 2.05) is 11.5 Å². The fraction of sp³-hybridized carbons (Fsp3) is 0.733. The number of aromatic nitrogens is 3. The summed E-state index contributed by atoms with van der Waals surface area (Å²) in [6.07, 6.45) is 5.50. The summed E-state index contributed by atoms with van der Waals surface area (Å²) in [7, 11) is 1.75. The highest BCUT2D eigenvalue weighted by Gasteiger charge is 2.54. The van der Waals surface area contributed by atoms with E-state index < -0.39 is 5.60 Å². The summed E-state index contributed by atoms with van der Waals surface area (Å²) in [5.74, 6) is 0.123. The molecule has 1 aliphatic heterocycles. The standard InChI is InChI=1S/C15H22N4O3/c1-3-19-10-16-17-12(19)9-18(2)14(21)11-8-13(20)22-15(11)6-4-5-7-15/h10-11H,3-9H2,1-2H3/t11-/m0/s1. The van der Waals surface area contributed by atoms with Crippen molar-refractivity contribution in [1.82, 2.24) is 19.7 Å². The summed E-state index contributed by atoms with van der Waals surface area (Å²) in [6, 6.07) is 0. The summed E-state index contributed by atoms with van der Waals surface area (Å²) < 4.78 is 7.46. The minimum Gasteiger partial charge on any atom is -0.458 e. The number of esters is 1. The minimum atomic E-state index is -0.555. The van der Waals surface area contributed by atoms with E-state index in [9.17, 15) is 9.59 Å². The van der Waals surface area contributed by atoms with Crippen molar-refractivity contribution in [1.29, 1.82) is 0 Å². The Bertz CT molecular complexity index is 577. The van der Waals surface area contributed by atoms with Gasteiger partial charge >= 0.3 is 5.97 Å². The largest absolute Gasteiger partial charge is 0.458 e. The van der Waals surface area contributed by atoms with E-state index in [4.69, 9.17) is 4.74 Å². The summed E-state index contributed by atoms with van der Waals surface area (Å²) in [5, 5.41) is 7.94. The van der Waals surface area contributed by atoms with E-state index in [2.05, 4.69) is 10.2 Å². The third-order valence-electron chi connectivity index (χ3n) is 4.86. The number of hydrogen-bond donors (Lipinski definition) is 0. The second kappa shape index (κ2) is 5.70. The van der Waals surface area contributed by atoms with E-state index in [0.717, 1.165) is 38.1 Å². The number of nitrogens with zero attached hydrogens (tertiary/aromatic N) is 4. The highest BCUT2D eigenvalue weighted by Crippen LogP contribution is 2.46. The number of amides is 1. The Labute approximate surface area is 129 Å². The molecule has 0 radical (unpaired) electrons. The summed E-state index contributed by atoms with van der Waals surface area (Å²) in [6.45, 7) is 3.17. The summed E-state index contributed by atoms with van der Waals surface area (Å²) in [4.78, 5) is 26.2. The van der Waals surface area contributed by atoms with Crippen molar-refractivity contribution >= 4 is 11.9 Å². The number of carbonyl (C=O) groups excluding carboxylic acids is 2. The molecule has 0 aromatic carbocycles. The molecular weight excluding hydrogens is 284 g/mol. The molecule has 0 unspecified atom stereocenters. The van der Waals surface area contributed by atoms with Gasteiger partial charge in [0.05, 0.1) is 18.9 Å². The first kappa shape index (κ1) is 15.0. The van der Waals surface area contributed by atoms with Crippen molar-refractivity contribution in [3.05, 3.63) is 12.2 Å². The first-order chi connectivity index (χ1) is 10.6. The lowest BCUT2D eigenvalue weighted by molar-refractivity contribution is -0.151. The van der Waals surface area contributed by atoms with Crippen LogP contribution in [0.15, 0.2) is 6.33 Å². The van der Waals surface area contributed by atoms with Crippen LogP contribution in [0.25, 0.3) is 0 Å². The monoisotopic (exact) mass is 306 g/mol. The van der Waals surface area contributed by atoms with Crippen LogP contribution >= 0.6 is 0 Å². The molecule has 1 amide bonds. The van der Waals surface area contributed by atoms with Crippen LogP contribution in [0.2, 0.25) is 0 Å². The maximum absolute atomic E-state index is 12.8. The number of rotatable bonds is 4. The zero-order valence-electron chi connectivity index (χ0n) is 13.1. The quantitative estimate of drug-likeness (QED) is 0.779. The van der Waals surface area contributed by atoms with E-state index in [-0.39, 0.29) is 24.2 Å². The molecule has 2 heterocycles. The van der Waals surface area contributed by atoms with Gasteiger partial charge in [0.1, 0.15) is 11.9 Å². The SMILES string of the molecule is CCn1cnnc1CN(C)C(=O)[C@@H]1CC(=O)OC12CCCC2. The number of hydrogen-bond acceptors (Lipinski definition) is 5. The van der Waals surface area contributed by atoms with Crippen LogP contribution in [-0.4, -0.2) is 44.2 Å². The highest BCUT2D eigenvalue weighted by atomic mass is 16.6. The molecule has 120 valence electrons. The number of carbonyl (C=O) groups is 2. The molecule has 0 N–H and O–H groups in total. The van der Waals surface area contributed by atoms with Crippen molar-refractivity contribution in [3.8, 4) is 0 Å². The summed E-state index contributed by atoms with van der Waals surface area (Å²) >= 11 is 0. The fourth-order valence-electron chi connectivity index (χ4n) is 3.65. The zero-order valence-corrected chi connectivity index (χ0v) is 13.1. The molecule has 1 atom stereocenters. The Hall–Kier alpha value is -1.92. The van der Waals surface area contributed by atoms with Crippen LogP contribution in [0.1, 0.15) is 44.9 Å². The van der Waals surface area contributed by atoms with Gasteiger partial charge in [-0.25, -0.2) is 0 Å². The van der Waals surface area contributed by atoms with E-state index >= 15 is 0 Å².